The fourth-order valence-corrected chi connectivity index (χ4v) is 4.86. The molecule has 0 bridgehead atoms. The van der Waals surface area contributed by atoms with Crippen LogP contribution in [0, 0.1) is 0 Å². The van der Waals surface area contributed by atoms with Gasteiger partial charge in [0.1, 0.15) is 0 Å². The third-order valence-corrected chi connectivity index (χ3v) is 5.82. The van der Waals surface area contributed by atoms with Crippen LogP contribution >= 0.6 is 11.6 Å². The average molecular weight is 392 g/mol. The Balaban J connectivity index is 2.50. The minimum atomic E-state index is -3.65. The summed E-state index contributed by atoms with van der Waals surface area (Å²) < 4.78 is 36.9. The summed E-state index contributed by atoms with van der Waals surface area (Å²) in [7, 11) is -5.36. The maximum atomic E-state index is 12.4. The van der Waals surface area contributed by atoms with Crippen LogP contribution in [0.4, 0.5) is 5.95 Å². The molecule has 1 N–H and O–H groups in total. The number of sulfone groups is 1. The predicted molar refractivity (Wildman–Crippen MR) is 88.3 cm³/mol. The summed E-state index contributed by atoms with van der Waals surface area (Å²) in [6.45, 7) is 2.23. The molecule has 0 aliphatic rings. The molecular weight excluding hydrogens is 378 g/mol. The zero-order valence-electron chi connectivity index (χ0n) is 13.0. The van der Waals surface area contributed by atoms with Gasteiger partial charge in [-0.25, -0.2) is 13.1 Å². The lowest BCUT2D eigenvalue weighted by atomic mass is 10.2. The first kappa shape index (κ1) is 18.5. The molecule has 0 aliphatic carbocycles. The van der Waals surface area contributed by atoms with Crippen molar-refractivity contribution in [3.05, 3.63) is 22.7 Å². The number of amides is 1. The van der Waals surface area contributed by atoms with Gasteiger partial charge in [0.25, 0.3) is 5.91 Å². The van der Waals surface area contributed by atoms with Crippen LogP contribution in [0.25, 0.3) is 0 Å². The molecule has 12 heteroatoms. The molecule has 0 aliphatic heterocycles. The number of aryl methyl sites for hydroxylation is 1. The fourth-order valence-electron chi connectivity index (χ4n) is 1.95. The Bertz CT molecular complexity index is 926. The van der Waals surface area contributed by atoms with Crippen molar-refractivity contribution in [1.82, 2.24) is 20.2 Å². The van der Waals surface area contributed by atoms with E-state index >= 15 is 0 Å². The van der Waals surface area contributed by atoms with Gasteiger partial charge >= 0.3 is 0 Å². The lowest BCUT2D eigenvalue weighted by Gasteiger charge is -2.12. The number of halogens is 1. The van der Waals surface area contributed by atoms with Crippen LogP contribution in [-0.2, 0) is 27.2 Å². The van der Waals surface area contributed by atoms with Gasteiger partial charge < -0.3 is 0 Å². The van der Waals surface area contributed by atoms with Gasteiger partial charge in [0.2, 0.25) is 5.95 Å². The molecule has 2 aromatic rings. The highest BCUT2D eigenvalue weighted by atomic mass is 35.5. The van der Waals surface area contributed by atoms with Crippen molar-refractivity contribution in [1.29, 1.82) is 0 Å². The second kappa shape index (κ2) is 6.95. The molecule has 0 radical (unpaired) electrons. The molecule has 24 heavy (non-hydrogen) atoms. The van der Waals surface area contributed by atoms with Gasteiger partial charge in [0.05, 0.1) is 31.2 Å². The Morgan fingerprint density at radius 3 is 2.62 bits per heavy atom. The van der Waals surface area contributed by atoms with Crippen molar-refractivity contribution < 1.29 is 17.4 Å². The highest BCUT2D eigenvalue weighted by molar-refractivity contribution is 7.92. The molecule has 0 fully saturated rings. The van der Waals surface area contributed by atoms with E-state index in [1.54, 1.807) is 6.92 Å². The first-order chi connectivity index (χ1) is 11.2. The number of carbonyl (C=O) groups excluding carboxylic acids is 1. The van der Waals surface area contributed by atoms with Crippen molar-refractivity contribution in [2.45, 2.75) is 23.3 Å². The van der Waals surface area contributed by atoms with Crippen LogP contribution in [0.3, 0.4) is 0 Å². The minimum absolute atomic E-state index is 0.0279. The number of benzene rings is 1. The van der Waals surface area contributed by atoms with E-state index in [2.05, 4.69) is 20.8 Å². The van der Waals surface area contributed by atoms with E-state index in [9.17, 15) is 17.4 Å². The summed E-state index contributed by atoms with van der Waals surface area (Å²) in [5, 5.41) is 13.1. The number of hydrogen-bond acceptors (Lipinski definition) is 7. The maximum absolute atomic E-state index is 12.4. The number of rotatable bonds is 5. The Labute approximate surface area is 145 Å². The van der Waals surface area contributed by atoms with Crippen LogP contribution in [0.5, 0.6) is 0 Å². The van der Waals surface area contributed by atoms with Gasteiger partial charge in [-0.15, -0.1) is 0 Å². The number of nitrogens with one attached hydrogen (secondary N) is 1. The zero-order chi connectivity index (χ0) is 18.1. The second-order valence-electron chi connectivity index (χ2n) is 4.75. The van der Waals surface area contributed by atoms with E-state index in [0.717, 1.165) is 6.26 Å². The van der Waals surface area contributed by atoms with E-state index in [0.29, 0.717) is 6.54 Å². The van der Waals surface area contributed by atoms with Gasteiger partial charge in [0.15, 0.2) is 9.84 Å². The topological polar surface area (TPSA) is 124 Å². The maximum Gasteiger partial charge on any atom is 0.259 e. The van der Waals surface area contributed by atoms with Crippen molar-refractivity contribution >= 4 is 44.1 Å². The van der Waals surface area contributed by atoms with Gasteiger partial charge in [-0.2, -0.15) is 0 Å². The Morgan fingerprint density at radius 2 is 2.08 bits per heavy atom. The van der Waals surface area contributed by atoms with Gasteiger partial charge in [-0.05, 0) is 29.5 Å². The molecular formula is C12H14ClN5O4S2. The molecule has 9 nitrogen and oxygen atoms in total. The molecule has 1 aromatic heterocycles. The number of tetrazole rings is 1. The minimum Gasteiger partial charge on any atom is -0.289 e. The first-order valence-corrected chi connectivity index (χ1v) is 10.4. The van der Waals surface area contributed by atoms with Crippen molar-refractivity contribution in [3.8, 4) is 0 Å². The number of nitrogens with zero attached hydrogens (tertiary/aromatic N) is 4. The number of hydrogen-bond donors (Lipinski definition) is 1. The van der Waals surface area contributed by atoms with Crippen molar-refractivity contribution in [2.24, 2.45) is 0 Å². The Kier molecular flexibility index (Phi) is 5.35. The molecule has 1 heterocycles. The highest BCUT2D eigenvalue weighted by Crippen LogP contribution is 2.30. The standard InChI is InChI=1S/C12H14ClN5O4S2/c1-4-18-12(15-16-17-18)14-11(19)7-5-6-8(24(3,21)22)10(9(7)13)23(2)20/h5-6H,4H2,1-3H3,(H,14,15,17,19). The molecule has 0 saturated heterocycles. The predicted octanol–water partition coefficient (Wildman–Crippen LogP) is 0.740. The smallest absolute Gasteiger partial charge is 0.259 e. The van der Waals surface area contributed by atoms with E-state index in [-0.39, 0.29) is 26.3 Å². The van der Waals surface area contributed by atoms with Crippen LogP contribution in [0.2, 0.25) is 5.02 Å². The quantitative estimate of drug-likeness (QED) is 0.796. The molecule has 1 amide bonds. The summed E-state index contributed by atoms with van der Waals surface area (Å²) in [6, 6.07) is 2.46. The van der Waals surface area contributed by atoms with E-state index in [4.69, 9.17) is 11.6 Å². The van der Waals surface area contributed by atoms with E-state index < -0.39 is 26.5 Å². The monoisotopic (exact) mass is 391 g/mol. The molecule has 1 aromatic carbocycles. The van der Waals surface area contributed by atoms with Crippen LogP contribution < -0.4 is 5.32 Å². The number of aromatic nitrogens is 4. The van der Waals surface area contributed by atoms with Crippen LogP contribution in [0.1, 0.15) is 17.3 Å². The first-order valence-electron chi connectivity index (χ1n) is 6.60. The van der Waals surface area contributed by atoms with E-state index in [1.807, 2.05) is 0 Å². The highest BCUT2D eigenvalue weighted by Gasteiger charge is 2.24. The van der Waals surface area contributed by atoms with Gasteiger partial charge in [0, 0.05) is 19.1 Å². The summed E-state index contributed by atoms with van der Waals surface area (Å²) in [4.78, 5) is 12.1. The molecule has 1 atom stereocenters. The lowest BCUT2D eigenvalue weighted by molar-refractivity contribution is 0.102. The fraction of sp³-hybridized carbons (Fsp3) is 0.333. The molecule has 1 unspecified atom stereocenters. The van der Waals surface area contributed by atoms with Gasteiger partial charge in [-0.3, -0.25) is 14.3 Å². The second-order valence-corrected chi connectivity index (χ2v) is 8.43. The third kappa shape index (κ3) is 3.62. The Morgan fingerprint density at radius 1 is 1.42 bits per heavy atom. The normalized spacial score (nSPS) is 12.8. The summed E-state index contributed by atoms with van der Waals surface area (Å²) in [5.74, 6) is -0.527. The number of anilines is 1. The van der Waals surface area contributed by atoms with Crippen molar-refractivity contribution in [2.75, 3.05) is 17.8 Å². The summed E-state index contributed by atoms with van der Waals surface area (Å²) >= 11 is 6.15. The van der Waals surface area contributed by atoms with Gasteiger partial charge in [-0.1, -0.05) is 16.7 Å². The van der Waals surface area contributed by atoms with Crippen LogP contribution in [0.15, 0.2) is 21.9 Å². The molecule has 0 saturated carbocycles. The summed E-state index contributed by atoms with van der Waals surface area (Å²) in [6.07, 6.45) is 2.26. The summed E-state index contributed by atoms with van der Waals surface area (Å²) in [5.41, 5.74) is -0.0279. The third-order valence-electron chi connectivity index (χ3n) is 3.05. The molecule has 130 valence electrons. The largest absolute Gasteiger partial charge is 0.289 e. The Hall–Kier alpha value is -1.85. The molecule has 2 rings (SSSR count). The lowest BCUT2D eigenvalue weighted by Crippen LogP contribution is -2.18. The van der Waals surface area contributed by atoms with E-state index in [1.165, 1.54) is 23.1 Å². The van der Waals surface area contributed by atoms with Crippen molar-refractivity contribution in [3.63, 3.8) is 0 Å². The number of carbonyl (C=O) groups is 1. The molecule has 0 spiro atoms. The average Bonchev–Trinajstić information content (AvgIpc) is 2.92. The zero-order valence-corrected chi connectivity index (χ0v) is 15.4. The van der Waals surface area contributed by atoms with Crippen LogP contribution in [-0.4, -0.2) is 51.3 Å². The SMILES string of the molecule is CCn1nnnc1NC(=O)c1ccc(S(C)(=O)=O)c(S(C)=O)c1Cl.